The Morgan fingerprint density at radius 3 is 2.38 bits per heavy atom. The van der Waals surface area contributed by atoms with E-state index in [0.29, 0.717) is 17.3 Å². The SMILES string of the molecule is [O]Cc1nc(CN2CCC(Oc3ccc(OC(F)(F)F)cc3)CC2)cs1. The maximum atomic E-state index is 12.2. The molecule has 0 atom stereocenters. The summed E-state index contributed by atoms with van der Waals surface area (Å²) in [6.45, 7) is 2.11. The number of benzene rings is 1. The molecule has 0 N–H and O–H groups in total. The van der Waals surface area contributed by atoms with Crippen LogP contribution < -0.4 is 9.47 Å². The summed E-state index contributed by atoms with van der Waals surface area (Å²) in [5.41, 5.74) is 0.917. The predicted molar refractivity (Wildman–Crippen MR) is 88.6 cm³/mol. The molecule has 1 fully saturated rings. The van der Waals surface area contributed by atoms with Crippen molar-refractivity contribution >= 4 is 11.3 Å². The third kappa shape index (κ3) is 5.58. The molecule has 0 aliphatic carbocycles. The van der Waals surface area contributed by atoms with Crippen LogP contribution in [0.2, 0.25) is 0 Å². The minimum absolute atomic E-state index is 0.0215. The summed E-state index contributed by atoms with van der Waals surface area (Å²) in [5, 5.41) is 13.3. The first-order valence-corrected chi connectivity index (χ1v) is 9.05. The van der Waals surface area contributed by atoms with Crippen LogP contribution in [-0.2, 0) is 18.3 Å². The first-order valence-electron chi connectivity index (χ1n) is 8.17. The quantitative estimate of drug-likeness (QED) is 0.751. The summed E-state index contributed by atoms with van der Waals surface area (Å²) in [7, 11) is 0. The number of aromatic nitrogens is 1. The van der Waals surface area contributed by atoms with Gasteiger partial charge < -0.3 is 9.47 Å². The van der Waals surface area contributed by atoms with Gasteiger partial charge in [-0.25, -0.2) is 10.1 Å². The van der Waals surface area contributed by atoms with Gasteiger partial charge >= 0.3 is 6.36 Å². The molecule has 2 aromatic rings. The lowest BCUT2D eigenvalue weighted by Crippen LogP contribution is -2.37. The monoisotopic (exact) mass is 387 g/mol. The summed E-state index contributed by atoms with van der Waals surface area (Å²) < 4.78 is 46.1. The molecule has 3 rings (SSSR count). The largest absolute Gasteiger partial charge is 0.573 e. The van der Waals surface area contributed by atoms with Crippen molar-refractivity contribution in [2.45, 2.75) is 38.5 Å². The number of piperidine rings is 1. The van der Waals surface area contributed by atoms with E-state index in [0.717, 1.165) is 31.6 Å². The Morgan fingerprint density at radius 2 is 1.81 bits per heavy atom. The third-order valence-electron chi connectivity index (χ3n) is 4.00. The van der Waals surface area contributed by atoms with Gasteiger partial charge in [0.25, 0.3) is 0 Å². The van der Waals surface area contributed by atoms with Crippen LogP contribution in [-0.4, -0.2) is 35.4 Å². The molecular formula is C17H18F3N2O3S. The van der Waals surface area contributed by atoms with Crippen molar-refractivity contribution in [3.05, 3.63) is 40.3 Å². The average Bonchev–Trinajstić information content (AvgIpc) is 3.05. The second-order valence-corrected chi connectivity index (χ2v) is 6.93. The zero-order valence-corrected chi connectivity index (χ0v) is 14.7. The van der Waals surface area contributed by atoms with Gasteiger partial charge in [-0.15, -0.1) is 24.5 Å². The van der Waals surface area contributed by atoms with E-state index in [9.17, 15) is 18.3 Å². The second kappa shape index (κ2) is 8.24. The van der Waals surface area contributed by atoms with Crippen LogP contribution in [0.1, 0.15) is 23.5 Å². The summed E-state index contributed by atoms with van der Waals surface area (Å²) in [6, 6.07) is 5.45. The molecule has 1 saturated heterocycles. The van der Waals surface area contributed by atoms with Crippen LogP contribution in [0.15, 0.2) is 29.6 Å². The Morgan fingerprint density at radius 1 is 1.15 bits per heavy atom. The van der Waals surface area contributed by atoms with E-state index in [1.807, 2.05) is 5.38 Å². The topological polar surface area (TPSA) is 54.5 Å². The van der Waals surface area contributed by atoms with E-state index in [1.54, 1.807) is 0 Å². The van der Waals surface area contributed by atoms with E-state index < -0.39 is 6.36 Å². The number of rotatable bonds is 6. The fraction of sp³-hybridized carbons (Fsp3) is 0.471. The number of ether oxygens (including phenoxy) is 2. The molecule has 1 radical (unpaired) electrons. The third-order valence-corrected chi connectivity index (χ3v) is 4.87. The van der Waals surface area contributed by atoms with Gasteiger partial charge in [-0.05, 0) is 37.1 Å². The molecule has 0 saturated carbocycles. The molecular weight excluding hydrogens is 369 g/mol. The number of halogens is 3. The number of hydrogen-bond acceptors (Lipinski definition) is 5. The molecule has 1 aliphatic heterocycles. The number of likely N-dealkylation sites (tertiary alicyclic amines) is 1. The maximum Gasteiger partial charge on any atom is 0.573 e. The molecule has 1 aliphatic rings. The minimum Gasteiger partial charge on any atom is -0.490 e. The predicted octanol–water partition coefficient (Wildman–Crippen LogP) is 4.02. The minimum atomic E-state index is -4.69. The Kier molecular flexibility index (Phi) is 6.00. The van der Waals surface area contributed by atoms with Crippen molar-refractivity contribution in [2.24, 2.45) is 0 Å². The van der Waals surface area contributed by atoms with Gasteiger partial charge in [0.2, 0.25) is 0 Å². The lowest BCUT2D eigenvalue weighted by Gasteiger charge is -2.31. The van der Waals surface area contributed by atoms with Gasteiger partial charge in [0.05, 0.1) is 5.69 Å². The molecule has 141 valence electrons. The fourth-order valence-electron chi connectivity index (χ4n) is 2.81. The van der Waals surface area contributed by atoms with Crippen molar-refractivity contribution in [2.75, 3.05) is 13.1 Å². The number of nitrogens with zero attached hydrogens (tertiary/aromatic N) is 2. The smallest absolute Gasteiger partial charge is 0.490 e. The molecule has 0 spiro atoms. The van der Waals surface area contributed by atoms with Crippen LogP contribution in [0.4, 0.5) is 13.2 Å². The normalized spacial score (nSPS) is 16.6. The van der Waals surface area contributed by atoms with Crippen LogP contribution in [0.3, 0.4) is 0 Å². The fourth-order valence-corrected chi connectivity index (χ4v) is 3.45. The highest BCUT2D eigenvalue weighted by atomic mass is 32.1. The first kappa shape index (κ1) is 18.9. The Bertz CT molecular complexity index is 698. The van der Waals surface area contributed by atoms with Crippen LogP contribution in [0, 0.1) is 0 Å². The second-order valence-electron chi connectivity index (χ2n) is 5.99. The van der Waals surface area contributed by atoms with E-state index in [2.05, 4.69) is 14.6 Å². The molecule has 9 heteroatoms. The summed E-state index contributed by atoms with van der Waals surface area (Å²) >= 11 is 1.39. The molecule has 0 amide bonds. The van der Waals surface area contributed by atoms with Crippen molar-refractivity contribution < 1.29 is 27.8 Å². The molecule has 5 nitrogen and oxygen atoms in total. The van der Waals surface area contributed by atoms with Gasteiger partial charge in [-0.2, -0.15) is 0 Å². The Labute approximate surface area is 153 Å². The molecule has 26 heavy (non-hydrogen) atoms. The van der Waals surface area contributed by atoms with Crippen molar-refractivity contribution in [3.8, 4) is 11.5 Å². The zero-order chi connectivity index (χ0) is 18.6. The molecule has 0 bridgehead atoms. The zero-order valence-electron chi connectivity index (χ0n) is 13.9. The van der Waals surface area contributed by atoms with Gasteiger partial charge in [0, 0.05) is 25.0 Å². The van der Waals surface area contributed by atoms with Crippen molar-refractivity contribution in [3.63, 3.8) is 0 Å². The number of alkyl halides is 3. The van der Waals surface area contributed by atoms with Crippen molar-refractivity contribution in [1.82, 2.24) is 9.88 Å². The van der Waals surface area contributed by atoms with Gasteiger partial charge in [0.1, 0.15) is 29.2 Å². The Hall–Kier alpha value is -1.84. The standard InChI is InChI=1S/C17H18F3N2O3S/c18-17(19,20)25-15-3-1-13(2-4-15)24-14-5-7-22(8-6-14)9-12-11-26-16(10-23)21-12/h1-4,11,14H,5-10H2. The molecule has 1 aromatic heterocycles. The lowest BCUT2D eigenvalue weighted by molar-refractivity contribution is -0.274. The molecule has 0 unspecified atom stereocenters. The van der Waals surface area contributed by atoms with Crippen LogP contribution >= 0.6 is 11.3 Å². The van der Waals surface area contributed by atoms with E-state index in [4.69, 9.17) is 4.74 Å². The van der Waals surface area contributed by atoms with E-state index in [1.165, 1.54) is 35.6 Å². The first-order chi connectivity index (χ1) is 12.4. The van der Waals surface area contributed by atoms with E-state index >= 15 is 0 Å². The summed E-state index contributed by atoms with van der Waals surface area (Å²) in [6.07, 6.45) is -3.03. The van der Waals surface area contributed by atoms with E-state index in [-0.39, 0.29) is 18.5 Å². The Balaban J connectivity index is 1.45. The average molecular weight is 387 g/mol. The van der Waals surface area contributed by atoms with Crippen LogP contribution in [0.5, 0.6) is 11.5 Å². The van der Waals surface area contributed by atoms with Gasteiger partial charge in [-0.1, -0.05) is 0 Å². The highest BCUT2D eigenvalue weighted by Crippen LogP contribution is 2.26. The molecule has 2 heterocycles. The summed E-state index contributed by atoms with van der Waals surface area (Å²) in [4.78, 5) is 6.54. The maximum absolute atomic E-state index is 12.2. The van der Waals surface area contributed by atoms with Gasteiger partial charge in [-0.3, -0.25) is 4.90 Å². The number of hydrogen-bond donors (Lipinski definition) is 0. The highest BCUT2D eigenvalue weighted by molar-refractivity contribution is 7.09. The highest BCUT2D eigenvalue weighted by Gasteiger charge is 2.31. The number of thiazole rings is 1. The van der Waals surface area contributed by atoms with Gasteiger partial charge in [0.15, 0.2) is 0 Å². The molecule has 1 aromatic carbocycles. The summed E-state index contributed by atoms with van der Waals surface area (Å²) in [5.74, 6) is 0.262. The van der Waals surface area contributed by atoms with Crippen molar-refractivity contribution in [1.29, 1.82) is 0 Å². The van der Waals surface area contributed by atoms with Crippen LogP contribution in [0.25, 0.3) is 0 Å². The lowest BCUT2D eigenvalue weighted by atomic mass is 10.1.